The second-order valence-electron chi connectivity index (χ2n) is 4.98. The summed E-state index contributed by atoms with van der Waals surface area (Å²) >= 11 is 7.77. The van der Waals surface area contributed by atoms with Crippen LogP contribution in [0.15, 0.2) is 47.4 Å². The number of hydrogen-bond donors (Lipinski definition) is 0. The van der Waals surface area contributed by atoms with Crippen LogP contribution in [-0.2, 0) is 12.3 Å². The maximum atomic E-state index is 5.98. The Morgan fingerprint density at radius 1 is 1.19 bits per heavy atom. The first-order valence-electron chi connectivity index (χ1n) is 6.90. The Balaban J connectivity index is 1.66. The number of alkyl halides is 1. The molecule has 21 heavy (non-hydrogen) atoms. The van der Waals surface area contributed by atoms with Crippen molar-refractivity contribution in [1.82, 2.24) is 0 Å². The predicted octanol–water partition coefficient (Wildman–Crippen LogP) is 4.53. The topological polar surface area (TPSA) is 18.5 Å². The lowest BCUT2D eigenvalue weighted by atomic mass is 10.1. The highest BCUT2D eigenvalue weighted by Gasteiger charge is 2.22. The molecule has 1 aliphatic heterocycles. The number of fused-ring (bicyclic) bond motifs is 1. The molecule has 4 heteroatoms. The van der Waals surface area contributed by atoms with Gasteiger partial charge in [0.05, 0.1) is 7.11 Å². The molecule has 1 aliphatic rings. The van der Waals surface area contributed by atoms with Crippen molar-refractivity contribution in [3.8, 4) is 11.5 Å². The molecule has 2 nitrogen and oxygen atoms in total. The summed E-state index contributed by atoms with van der Waals surface area (Å²) in [6.45, 7) is 0.668. The van der Waals surface area contributed by atoms with E-state index in [2.05, 4.69) is 24.3 Å². The van der Waals surface area contributed by atoms with Crippen molar-refractivity contribution in [2.75, 3.05) is 13.7 Å². The number of rotatable bonds is 5. The van der Waals surface area contributed by atoms with Crippen LogP contribution in [0.25, 0.3) is 0 Å². The molecular formula is C17H17ClO2S. The first-order chi connectivity index (χ1) is 10.3. The Bertz CT molecular complexity index is 605. The molecule has 1 heterocycles. The number of ether oxygens (including phenoxy) is 2. The molecule has 3 rings (SSSR count). The Kier molecular flexibility index (Phi) is 4.61. The maximum Gasteiger partial charge on any atom is 0.161 e. The van der Waals surface area contributed by atoms with Crippen molar-refractivity contribution in [3.05, 3.63) is 53.6 Å². The van der Waals surface area contributed by atoms with Crippen LogP contribution in [0.2, 0.25) is 0 Å². The molecule has 110 valence electrons. The van der Waals surface area contributed by atoms with E-state index in [1.165, 1.54) is 10.5 Å². The fourth-order valence-corrected chi connectivity index (χ4v) is 3.83. The minimum Gasteiger partial charge on any atom is -0.493 e. The van der Waals surface area contributed by atoms with Crippen LogP contribution < -0.4 is 9.47 Å². The average Bonchev–Trinajstić information content (AvgIpc) is 2.95. The molecular weight excluding hydrogens is 304 g/mol. The van der Waals surface area contributed by atoms with Crippen molar-refractivity contribution in [3.63, 3.8) is 0 Å². The molecule has 0 amide bonds. The minimum atomic E-state index is 0.451. The number of benzene rings is 2. The van der Waals surface area contributed by atoms with Crippen molar-refractivity contribution >= 4 is 23.4 Å². The Hall–Kier alpha value is -1.32. The zero-order valence-corrected chi connectivity index (χ0v) is 13.4. The third-order valence-corrected chi connectivity index (χ3v) is 5.12. The zero-order valence-electron chi connectivity index (χ0n) is 11.8. The molecule has 0 N–H and O–H groups in total. The van der Waals surface area contributed by atoms with E-state index < -0.39 is 0 Å². The summed E-state index contributed by atoms with van der Waals surface area (Å²) < 4.78 is 11.3. The standard InChI is InChI=1S/C17H17ClO2S/c1-19-15-7-6-12(10-18)8-16(15)20-11-14-9-13-4-2-3-5-17(13)21-14/h2-8,14H,9-11H2,1H3. The summed E-state index contributed by atoms with van der Waals surface area (Å²) in [6, 6.07) is 14.4. The number of hydrogen-bond acceptors (Lipinski definition) is 3. The van der Waals surface area contributed by atoms with E-state index in [1.807, 2.05) is 30.0 Å². The lowest BCUT2D eigenvalue weighted by molar-refractivity contribution is 0.294. The summed E-state index contributed by atoms with van der Waals surface area (Å²) in [5, 5.41) is 0.451. The average molecular weight is 321 g/mol. The minimum absolute atomic E-state index is 0.451. The molecule has 0 bridgehead atoms. The van der Waals surface area contributed by atoms with E-state index in [-0.39, 0.29) is 0 Å². The van der Waals surface area contributed by atoms with Crippen molar-refractivity contribution < 1.29 is 9.47 Å². The SMILES string of the molecule is COc1ccc(CCl)cc1OCC1Cc2ccccc2S1. The molecule has 0 aliphatic carbocycles. The van der Waals surface area contributed by atoms with E-state index in [1.54, 1.807) is 7.11 Å². The van der Waals surface area contributed by atoms with Crippen molar-refractivity contribution in [1.29, 1.82) is 0 Å². The normalized spacial score (nSPS) is 16.6. The monoisotopic (exact) mass is 320 g/mol. The van der Waals surface area contributed by atoms with Crippen molar-refractivity contribution in [2.45, 2.75) is 22.4 Å². The smallest absolute Gasteiger partial charge is 0.161 e. The summed E-state index contributed by atoms with van der Waals surface area (Å²) in [4.78, 5) is 1.37. The number of methoxy groups -OCH3 is 1. The van der Waals surface area contributed by atoms with Gasteiger partial charge in [-0.15, -0.1) is 23.4 Å². The van der Waals surface area contributed by atoms with Gasteiger partial charge in [-0.1, -0.05) is 24.3 Å². The maximum absolute atomic E-state index is 5.98. The van der Waals surface area contributed by atoms with Gasteiger partial charge in [0.15, 0.2) is 11.5 Å². The van der Waals surface area contributed by atoms with Gasteiger partial charge in [0.2, 0.25) is 0 Å². The van der Waals surface area contributed by atoms with Gasteiger partial charge in [-0.2, -0.15) is 0 Å². The van der Waals surface area contributed by atoms with Crippen LogP contribution >= 0.6 is 23.4 Å². The van der Waals surface area contributed by atoms with Gasteiger partial charge in [0, 0.05) is 16.0 Å². The lowest BCUT2D eigenvalue weighted by Gasteiger charge is -2.14. The van der Waals surface area contributed by atoms with Crippen molar-refractivity contribution in [2.24, 2.45) is 0 Å². The molecule has 0 saturated heterocycles. The summed E-state index contributed by atoms with van der Waals surface area (Å²) in [7, 11) is 1.66. The quantitative estimate of drug-likeness (QED) is 0.754. The van der Waals surface area contributed by atoms with E-state index in [9.17, 15) is 0 Å². The lowest BCUT2D eigenvalue weighted by Crippen LogP contribution is -2.14. The third-order valence-electron chi connectivity index (χ3n) is 3.52. The Labute approximate surface area is 134 Å². The molecule has 2 aromatic carbocycles. The fraction of sp³-hybridized carbons (Fsp3) is 0.294. The number of thioether (sulfide) groups is 1. The van der Waals surface area contributed by atoms with Gasteiger partial charge in [-0.3, -0.25) is 0 Å². The van der Waals surface area contributed by atoms with Gasteiger partial charge in [-0.25, -0.2) is 0 Å². The molecule has 1 unspecified atom stereocenters. The first kappa shape index (κ1) is 14.6. The molecule has 0 saturated carbocycles. The van der Waals surface area contributed by atoms with Gasteiger partial charge >= 0.3 is 0 Å². The highest BCUT2D eigenvalue weighted by Crippen LogP contribution is 2.37. The highest BCUT2D eigenvalue weighted by atomic mass is 35.5. The molecule has 1 atom stereocenters. The van der Waals surface area contributed by atoms with Gasteiger partial charge < -0.3 is 9.47 Å². The summed E-state index contributed by atoms with van der Waals surface area (Å²) in [5.41, 5.74) is 2.45. The highest BCUT2D eigenvalue weighted by molar-refractivity contribution is 8.00. The fourth-order valence-electron chi connectivity index (χ4n) is 2.45. The van der Waals surface area contributed by atoms with Crippen LogP contribution in [0.3, 0.4) is 0 Å². The molecule has 0 radical (unpaired) electrons. The second-order valence-corrected chi connectivity index (χ2v) is 6.59. The second kappa shape index (κ2) is 6.63. The first-order valence-corrected chi connectivity index (χ1v) is 8.32. The van der Waals surface area contributed by atoms with Gasteiger partial charge in [-0.05, 0) is 35.7 Å². The zero-order chi connectivity index (χ0) is 14.7. The predicted molar refractivity (Wildman–Crippen MR) is 87.8 cm³/mol. The van der Waals surface area contributed by atoms with Crippen LogP contribution in [0, 0.1) is 0 Å². The van der Waals surface area contributed by atoms with Gasteiger partial charge in [0.1, 0.15) is 6.61 Å². The molecule has 0 spiro atoms. The summed E-state index contributed by atoms with van der Waals surface area (Å²) in [6.07, 6.45) is 1.05. The van der Waals surface area contributed by atoms with Crippen LogP contribution in [0.5, 0.6) is 11.5 Å². The largest absolute Gasteiger partial charge is 0.493 e. The Morgan fingerprint density at radius 2 is 2.05 bits per heavy atom. The van der Waals surface area contributed by atoms with E-state index >= 15 is 0 Å². The molecule has 0 aromatic heterocycles. The van der Waals surface area contributed by atoms with E-state index in [0.29, 0.717) is 17.7 Å². The van der Waals surface area contributed by atoms with E-state index in [0.717, 1.165) is 23.5 Å². The van der Waals surface area contributed by atoms with Gasteiger partial charge in [0.25, 0.3) is 0 Å². The van der Waals surface area contributed by atoms with Crippen LogP contribution in [0.4, 0.5) is 0 Å². The third kappa shape index (κ3) is 3.30. The summed E-state index contributed by atoms with van der Waals surface area (Å²) in [5.74, 6) is 2.00. The number of halogens is 1. The van der Waals surface area contributed by atoms with E-state index in [4.69, 9.17) is 21.1 Å². The van der Waals surface area contributed by atoms with Crippen LogP contribution in [0.1, 0.15) is 11.1 Å². The molecule has 2 aromatic rings. The Morgan fingerprint density at radius 3 is 2.81 bits per heavy atom. The molecule has 0 fully saturated rings. The van der Waals surface area contributed by atoms with Crippen LogP contribution in [-0.4, -0.2) is 19.0 Å².